The molecule has 2 heterocycles. The van der Waals surface area contributed by atoms with Gasteiger partial charge in [-0.25, -0.2) is 9.67 Å². The summed E-state index contributed by atoms with van der Waals surface area (Å²) in [5.74, 6) is 0.0951. The van der Waals surface area contributed by atoms with Crippen molar-refractivity contribution in [1.82, 2.24) is 14.8 Å². The Morgan fingerprint density at radius 3 is 2.29 bits per heavy atom. The van der Waals surface area contributed by atoms with Gasteiger partial charge < -0.3 is 0 Å². The van der Waals surface area contributed by atoms with Crippen LogP contribution in [0.4, 0.5) is 0 Å². The molecule has 4 aromatic rings. The molecule has 0 unspecified atom stereocenters. The fraction of sp³-hybridized carbons (Fsp3) is 0.190. The van der Waals surface area contributed by atoms with Crippen molar-refractivity contribution in [3.05, 3.63) is 79.5 Å². The molecule has 1 atom stereocenters. The van der Waals surface area contributed by atoms with E-state index in [1.54, 1.807) is 0 Å². The molecule has 142 valence electrons. The highest BCUT2D eigenvalue weighted by Crippen LogP contribution is 2.30. The van der Waals surface area contributed by atoms with Gasteiger partial charge in [0.25, 0.3) is 5.56 Å². The van der Waals surface area contributed by atoms with Crippen molar-refractivity contribution in [2.24, 2.45) is 0 Å². The molecule has 0 radical (unpaired) electrons. The number of nitrogens with zero attached hydrogens (tertiary/aromatic N) is 3. The van der Waals surface area contributed by atoms with E-state index in [1.165, 1.54) is 16.0 Å². The Morgan fingerprint density at radius 1 is 1.04 bits per heavy atom. The average molecular weight is 430 g/mol. The zero-order valence-electron chi connectivity index (χ0n) is 15.3. The Kier molecular flexibility index (Phi) is 5.23. The van der Waals surface area contributed by atoms with E-state index < -0.39 is 0 Å². The fourth-order valence-corrected chi connectivity index (χ4v) is 4.31. The van der Waals surface area contributed by atoms with Gasteiger partial charge in [-0.15, -0.1) is 11.3 Å². The number of fused-ring (bicyclic) bond motifs is 1. The number of benzene rings is 2. The summed E-state index contributed by atoms with van der Waals surface area (Å²) in [5.41, 5.74) is 3.05. The number of halogens is 2. The maximum absolute atomic E-state index is 13.0. The van der Waals surface area contributed by atoms with Crippen molar-refractivity contribution < 1.29 is 0 Å². The van der Waals surface area contributed by atoms with E-state index in [0.717, 1.165) is 26.5 Å². The van der Waals surface area contributed by atoms with Crippen LogP contribution < -0.4 is 5.56 Å². The van der Waals surface area contributed by atoms with Crippen LogP contribution in [0, 0.1) is 6.92 Å². The number of aromatic nitrogens is 3. The van der Waals surface area contributed by atoms with Crippen LogP contribution in [-0.4, -0.2) is 14.8 Å². The van der Waals surface area contributed by atoms with Gasteiger partial charge in [0.05, 0.1) is 16.3 Å². The SMILES string of the molecule is Cc1nc2c(=O)n(C[C@@H](C)c3ccc(Cl)cc3)nc(-c3ccc(Cl)cc3)c2s1. The minimum Gasteiger partial charge on any atom is -0.265 e. The number of hydrogen-bond acceptors (Lipinski definition) is 4. The third-order valence-corrected chi connectivity index (χ3v) is 6.09. The number of thiazole rings is 1. The zero-order valence-corrected chi connectivity index (χ0v) is 17.6. The van der Waals surface area contributed by atoms with Gasteiger partial charge in [0.1, 0.15) is 5.69 Å². The highest BCUT2D eigenvalue weighted by atomic mass is 35.5. The lowest BCUT2D eigenvalue weighted by Gasteiger charge is -2.14. The third-order valence-electron chi connectivity index (χ3n) is 4.61. The maximum atomic E-state index is 13.0. The van der Waals surface area contributed by atoms with E-state index in [0.29, 0.717) is 22.1 Å². The minimum absolute atomic E-state index is 0.0951. The lowest BCUT2D eigenvalue weighted by molar-refractivity contribution is 0.523. The van der Waals surface area contributed by atoms with E-state index in [9.17, 15) is 4.79 Å². The zero-order chi connectivity index (χ0) is 19.8. The van der Waals surface area contributed by atoms with Crippen molar-refractivity contribution in [3.8, 4) is 11.3 Å². The highest BCUT2D eigenvalue weighted by molar-refractivity contribution is 7.19. The van der Waals surface area contributed by atoms with Gasteiger partial charge in [-0.3, -0.25) is 4.79 Å². The van der Waals surface area contributed by atoms with Gasteiger partial charge in [0.15, 0.2) is 5.52 Å². The van der Waals surface area contributed by atoms with E-state index >= 15 is 0 Å². The molecule has 4 rings (SSSR count). The summed E-state index contributed by atoms with van der Waals surface area (Å²) >= 11 is 13.5. The lowest BCUT2D eigenvalue weighted by atomic mass is 10.0. The molecule has 0 saturated heterocycles. The maximum Gasteiger partial charge on any atom is 0.294 e. The molecule has 0 bridgehead atoms. The second-order valence-corrected chi connectivity index (χ2v) is 8.78. The van der Waals surface area contributed by atoms with Gasteiger partial charge in [-0.1, -0.05) is 54.4 Å². The van der Waals surface area contributed by atoms with Gasteiger partial charge in [0, 0.05) is 21.5 Å². The standard InChI is InChI=1S/C21H17Cl2N3OS/c1-12(14-3-7-16(22)8-4-14)11-26-21(27)19-20(28-13(2)24-19)18(25-26)15-5-9-17(23)10-6-15/h3-10,12H,11H2,1-2H3/t12-/m1/s1. The Labute approximate surface area is 176 Å². The monoisotopic (exact) mass is 429 g/mol. The third kappa shape index (κ3) is 3.70. The van der Waals surface area contributed by atoms with Crippen LogP contribution in [0.1, 0.15) is 23.4 Å². The molecule has 2 aromatic carbocycles. The molecule has 0 aliphatic rings. The second-order valence-electron chi connectivity index (χ2n) is 6.71. The van der Waals surface area contributed by atoms with E-state index in [1.807, 2.05) is 55.5 Å². The smallest absolute Gasteiger partial charge is 0.265 e. The molecule has 0 aliphatic heterocycles. The summed E-state index contributed by atoms with van der Waals surface area (Å²) in [6.07, 6.45) is 0. The van der Waals surface area contributed by atoms with Crippen LogP contribution >= 0.6 is 34.5 Å². The lowest BCUT2D eigenvalue weighted by Crippen LogP contribution is -2.26. The summed E-state index contributed by atoms with van der Waals surface area (Å²) in [5, 5.41) is 6.89. The van der Waals surface area contributed by atoms with E-state index in [2.05, 4.69) is 11.9 Å². The minimum atomic E-state index is -0.169. The fourth-order valence-electron chi connectivity index (χ4n) is 3.14. The summed E-state index contributed by atoms with van der Waals surface area (Å²) in [6, 6.07) is 15.1. The predicted molar refractivity (Wildman–Crippen MR) is 117 cm³/mol. The Morgan fingerprint density at radius 2 is 1.64 bits per heavy atom. The van der Waals surface area contributed by atoms with Crippen LogP contribution in [0.2, 0.25) is 10.0 Å². The van der Waals surface area contributed by atoms with Crippen LogP contribution in [0.5, 0.6) is 0 Å². The summed E-state index contributed by atoms with van der Waals surface area (Å²) in [7, 11) is 0. The second kappa shape index (κ2) is 7.66. The topological polar surface area (TPSA) is 47.8 Å². The molecular formula is C21H17Cl2N3OS. The average Bonchev–Trinajstić information content (AvgIpc) is 3.07. The van der Waals surface area contributed by atoms with Crippen molar-refractivity contribution >= 4 is 44.8 Å². The molecule has 2 aromatic heterocycles. The molecule has 0 fully saturated rings. The van der Waals surface area contributed by atoms with E-state index in [4.69, 9.17) is 28.3 Å². The Bertz CT molecular complexity index is 1200. The normalized spacial score (nSPS) is 12.4. The van der Waals surface area contributed by atoms with Gasteiger partial charge in [-0.05, 0) is 36.8 Å². The Hall–Kier alpha value is -2.21. The van der Waals surface area contributed by atoms with Gasteiger partial charge in [0.2, 0.25) is 0 Å². The first-order valence-corrected chi connectivity index (χ1v) is 10.4. The Balaban J connectivity index is 1.82. The quantitative estimate of drug-likeness (QED) is 0.403. The summed E-state index contributed by atoms with van der Waals surface area (Å²) in [6.45, 7) is 4.42. The highest BCUT2D eigenvalue weighted by Gasteiger charge is 2.18. The largest absolute Gasteiger partial charge is 0.294 e. The molecule has 4 nitrogen and oxygen atoms in total. The van der Waals surface area contributed by atoms with Gasteiger partial charge in [-0.2, -0.15) is 5.10 Å². The van der Waals surface area contributed by atoms with Crippen molar-refractivity contribution in [1.29, 1.82) is 0 Å². The van der Waals surface area contributed by atoms with Crippen molar-refractivity contribution in [2.45, 2.75) is 26.3 Å². The molecule has 0 aliphatic carbocycles. The predicted octanol–water partition coefficient (Wildman–Crippen LogP) is 5.94. The summed E-state index contributed by atoms with van der Waals surface area (Å²) < 4.78 is 2.32. The molecule has 0 saturated carbocycles. The molecule has 0 spiro atoms. The first-order valence-electron chi connectivity index (χ1n) is 8.82. The first-order chi connectivity index (χ1) is 13.4. The van der Waals surface area contributed by atoms with Gasteiger partial charge >= 0.3 is 0 Å². The molecular weight excluding hydrogens is 413 g/mol. The van der Waals surface area contributed by atoms with Crippen LogP contribution in [0.3, 0.4) is 0 Å². The summed E-state index contributed by atoms with van der Waals surface area (Å²) in [4.78, 5) is 17.5. The number of aryl methyl sites for hydroxylation is 1. The molecule has 28 heavy (non-hydrogen) atoms. The number of rotatable bonds is 4. The first kappa shape index (κ1) is 19.1. The number of hydrogen-bond donors (Lipinski definition) is 0. The van der Waals surface area contributed by atoms with Crippen LogP contribution in [0.25, 0.3) is 21.5 Å². The molecule has 0 N–H and O–H groups in total. The van der Waals surface area contributed by atoms with Crippen molar-refractivity contribution in [3.63, 3.8) is 0 Å². The van der Waals surface area contributed by atoms with Crippen LogP contribution in [-0.2, 0) is 6.54 Å². The van der Waals surface area contributed by atoms with Crippen molar-refractivity contribution in [2.75, 3.05) is 0 Å². The van der Waals surface area contributed by atoms with Crippen LogP contribution in [0.15, 0.2) is 53.3 Å². The molecule has 0 amide bonds. The molecule has 7 heteroatoms. The van der Waals surface area contributed by atoms with E-state index in [-0.39, 0.29) is 11.5 Å².